The second kappa shape index (κ2) is 6.50. The van der Waals surface area contributed by atoms with Gasteiger partial charge in [-0.1, -0.05) is 20.8 Å². The molecule has 1 aromatic heterocycles. The van der Waals surface area contributed by atoms with Crippen LogP contribution in [0.1, 0.15) is 52.3 Å². The number of fused-ring (bicyclic) bond motifs is 1. The summed E-state index contributed by atoms with van der Waals surface area (Å²) in [5.41, 5.74) is 1.93. The van der Waals surface area contributed by atoms with Gasteiger partial charge in [0.2, 0.25) is 11.8 Å². The number of anilines is 1. The van der Waals surface area contributed by atoms with E-state index in [1.54, 1.807) is 6.07 Å². The third-order valence-corrected chi connectivity index (χ3v) is 4.74. The molecule has 0 bridgehead atoms. The number of hydrogen-bond acceptors (Lipinski definition) is 4. The molecule has 3 rings (SSSR count). The number of carbonyl (C=O) groups is 2. The monoisotopic (exact) mass is 344 g/mol. The Balaban J connectivity index is 1.68. The standard InChI is InChI=1S/C19H24N2O4/c1-19(2,3)18-21-14-10-13(8-9-15(14)25-18)20-16(22)11-4-6-12(7-5-11)17(23)24/h8-12H,4-7H2,1-3H3,(H,20,22)(H,23,24). The number of nitrogens with zero attached hydrogens (tertiary/aromatic N) is 1. The molecule has 6 heteroatoms. The van der Waals surface area contributed by atoms with Gasteiger partial charge < -0.3 is 14.8 Å². The van der Waals surface area contributed by atoms with E-state index < -0.39 is 5.97 Å². The molecule has 134 valence electrons. The van der Waals surface area contributed by atoms with Crippen molar-refractivity contribution < 1.29 is 19.1 Å². The van der Waals surface area contributed by atoms with Crippen LogP contribution in [0, 0.1) is 11.8 Å². The first kappa shape index (κ1) is 17.5. The van der Waals surface area contributed by atoms with Crippen molar-refractivity contribution in [1.82, 2.24) is 4.98 Å². The van der Waals surface area contributed by atoms with Gasteiger partial charge in [0.25, 0.3) is 0 Å². The highest BCUT2D eigenvalue weighted by molar-refractivity contribution is 5.94. The van der Waals surface area contributed by atoms with Crippen molar-refractivity contribution in [3.05, 3.63) is 24.1 Å². The fourth-order valence-corrected chi connectivity index (χ4v) is 3.17. The average molecular weight is 344 g/mol. The van der Waals surface area contributed by atoms with Crippen LogP contribution in [0.4, 0.5) is 5.69 Å². The Labute approximate surface area is 146 Å². The Morgan fingerprint density at radius 1 is 1.16 bits per heavy atom. The first-order valence-electron chi connectivity index (χ1n) is 8.69. The Bertz CT molecular complexity index is 795. The topological polar surface area (TPSA) is 92.4 Å². The van der Waals surface area contributed by atoms with Crippen LogP contribution in [-0.4, -0.2) is 22.0 Å². The highest BCUT2D eigenvalue weighted by Crippen LogP contribution is 2.31. The van der Waals surface area contributed by atoms with Gasteiger partial charge in [0.1, 0.15) is 5.52 Å². The fraction of sp³-hybridized carbons (Fsp3) is 0.526. The zero-order chi connectivity index (χ0) is 18.2. The molecule has 0 radical (unpaired) electrons. The summed E-state index contributed by atoms with van der Waals surface area (Å²) >= 11 is 0. The van der Waals surface area contributed by atoms with Crippen LogP contribution < -0.4 is 5.32 Å². The summed E-state index contributed by atoms with van der Waals surface area (Å²) in [5, 5.41) is 12.0. The SMILES string of the molecule is CC(C)(C)c1nc2cc(NC(=O)C3CCC(C(=O)O)CC3)ccc2o1. The molecule has 6 nitrogen and oxygen atoms in total. The maximum atomic E-state index is 12.4. The molecular formula is C19H24N2O4. The van der Waals surface area contributed by atoms with Crippen LogP contribution >= 0.6 is 0 Å². The zero-order valence-electron chi connectivity index (χ0n) is 14.8. The van der Waals surface area contributed by atoms with E-state index in [4.69, 9.17) is 9.52 Å². The van der Waals surface area contributed by atoms with Gasteiger partial charge in [0.05, 0.1) is 5.92 Å². The lowest BCUT2D eigenvalue weighted by molar-refractivity contribution is -0.143. The van der Waals surface area contributed by atoms with Crippen LogP contribution in [-0.2, 0) is 15.0 Å². The minimum absolute atomic E-state index is 0.0530. The molecule has 1 aliphatic rings. The number of carboxylic acid groups (broad SMARTS) is 1. The first-order chi connectivity index (χ1) is 11.7. The van der Waals surface area contributed by atoms with E-state index in [-0.39, 0.29) is 23.2 Å². The van der Waals surface area contributed by atoms with Crippen molar-refractivity contribution in [3.63, 3.8) is 0 Å². The molecule has 1 heterocycles. The summed E-state index contributed by atoms with van der Waals surface area (Å²) in [6.07, 6.45) is 2.35. The van der Waals surface area contributed by atoms with Crippen LogP contribution in [0.25, 0.3) is 11.1 Å². The second-order valence-corrected chi connectivity index (χ2v) is 7.83. The lowest BCUT2D eigenvalue weighted by Gasteiger charge is -2.25. The predicted molar refractivity (Wildman–Crippen MR) is 94.4 cm³/mol. The molecular weight excluding hydrogens is 320 g/mol. The lowest BCUT2D eigenvalue weighted by Crippen LogP contribution is -2.29. The number of carbonyl (C=O) groups excluding carboxylic acids is 1. The van der Waals surface area contributed by atoms with Gasteiger partial charge >= 0.3 is 5.97 Å². The minimum Gasteiger partial charge on any atom is -0.481 e. The summed E-state index contributed by atoms with van der Waals surface area (Å²) in [7, 11) is 0. The number of amides is 1. The molecule has 0 unspecified atom stereocenters. The number of aromatic nitrogens is 1. The van der Waals surface area contributed by atoms with Gasteiger partial charge in [-0.25, -0.2) is 4.98 Å². The molecule has 1 aromatic carbocycles. The number of oxazole rings is 1. The van der Waals surface area contributed by atoms with Crippen LogP contribution in [0.15, 0.2) is 22.6 Å². The highest BCUT2D eigenvalue weighted by atomic mass is 16.4. The molecule has 2 N–H and O–H groups in total. The van der Waals surface area contributed by atoms with E-state index >= 15 is 0 Å². The third kappa shape index (κ3) is 3.83. The van der Waals surface area contributed by atoms with Gasteiger partial charge in [-0.2, -0.15) is 0 Å². The normalized spacial score (nSPS) is 21.2. The van der Waals surface area contributed by atoms with Crippen molar-refractivity contribution in [2.45, 2.75) is 51.9 Å². The van der Waals surface area contributed by atoms with E-state index in [2.05, 4.69) is 10.3 Å². The number of rotatable bonds is 3. The van der Waals surface area contributed by atoms with Gasteiger partial charge in [0.15, 0.2) is 5.58 Å². The summed E-state index contributed by atoms with van der Waals surface area (Å²) in [4.78, 5) is 28.0. The second-order valence-electron chi connectivity index (χ2n) is 7.83. The Morgan fingerprint density at radius 3 is 2.40 bits per heavy atom. The van der Waals surface area contributed by atoms with Crippen molar-refractivity contribution in [2.24, 2.45) is 11.8 Å². The van der Waals surface area contributed by atoms with Crippen LogP contribution in [0.2, 0.25) is 0 Å². The molecule has 0 atom stereocenters. The lowest BCUT2D eigenvalue weighted by atomic mass is 9.81. The third-order valence-electron chi connectivity index (χ3n) is 4.74. The number of benzene rings is 1. The van der Waals surface area contributed by atoms with Gasteiger partial charge in [-0.3, -0.25) is 9.59 Å². The van der Waals surface area contributed by atoms with E-state index in [0.717, 1.165) is 5.52 Å². The summed E-state index contributed by atoms with van der Waals surface area (Å²) in [6, 6.07) is 5.43. The van der Waals surface area contributed by atoms with Crippen molar-refractivity contribution in [3.8, 4) is 0 Å². The molecule has 0 spiro atoms. The molecule has 1 aliphatic carbocycles. The maximum Gasteiger partial charge on any atom is 0.306 e. The maximum absolute atomic E-state index is 12.4. The van der Waals surface area contributed by atoms with Gasteiger partial charge in [0, 0.05) is 17.0 Å². The molecule has 1 amide bonds. The van der Waals surface area contributed by atoms with E-state index in [1.807, 2.05) is 32.9 Å². The van der Waals surface area contributed by atoms with Gasteiger partial charge in [-0.05, 0) is 43.9 Å². The highest BCUT2D eigenvalue weighted by Gasteiger charge is 2.29. The van der Waals surface area contributed by atoms with Crippen molar-refractivity contribution in [2.75, 3.05) is 5.32 Å². The molecule has 0 saturated heterocycles. The Hall–Kier alpha value is -2.37. The average Bonchev–Trinajstić information content (AvgIpc) is 2.98. The van der Waals surface area contributed by atoms with E-state index in [1.165, 1.54) is 0 Å². The zero-order valence-corrected chi connectivity index (χ0v) is 14.8. The Morgan fingerprint density at radius 2 is 1.80 bits per heavy atom. The summed E-state index contributed by atoms with van der Waals surface area (Å²) in [5.74, 6) is -0.592. The van der Waals surface area contributed by atoms with Gasteiger partial charge in [-0.15, -0.1) is 0 Å². The smallest absolute Gasteiger partial charge is 0.306 e. The number of hydrogen-bond donors (Lipinski definition) is 2. The largest absolute Gasteiger partial charge is 0.481 e. The molecule has 1 fully saturated rings. The molecule has 2 aromatic rings. The quantitative estimate of drug-likeness (QED) is 0.879. The summed E-state index contributed by atoms with van der Waals surface area (Å²) < 4.78 is 5.76. The molecule has 0 aliphatic heterocycles. The van der Waals surface area contributed by atoms with E-state index in [0.29, 0.717) is 42.8 Å². The number of aliphatic carboxylic acids is 1. The summed E-state index contributed by atoms with van der Waals surface area (Å²) in [6.45, 7) is 6.11. The first-order valence-corrected chi connectivity index (χ1v) is 8.69. The number of carboxylic acids is 1. The van der Waals surface area contributed by atoms with E-state index in [9.17, 15) is 9.59 Å². The van der Waals surface area contributed by atoms with Crippen LogP contribution in [0.3, 0.4) is 0 Å². The Kier molecular flexibility index (Phi) is 4.54. The minimum atomic E-state index is -0.759. The van der Waals surface area contributed by atoms with Crippen molar-refractivity contribution in [1.29, 1.82) is 0 Å². The number of nitrogens with one attached hydrogen (secondary N) is 1. The molecule has 25 heavy (non-hydrogen) atoms. The fourth-order valence-electron chi connectivity index (χ4n) is 3.17. The molecule has 1 saturated carbocycles. The van der Waals surface area contributed by atoms with Crippen molar-refractivity contribution >= 4 is 28.7 Å². The predicted octanol–water partition coefficient (Wildman–Crippen LogP) is 3.95. The van der Waals surface area contributed by atoms with Crippen LogP contribution in [0.5, 0.6) is 0 Å².